The zero-order valence-corrected chi connectivity index (χ0v) is 13.3. The molecule has 0 atom stereocenters. The molecule has 2 fully saturated rings. The van der Waals surface area contributed by atoms with Gasteiger partial charge in [-0.25, -0.2) is 0 Å². The summed E-state index contributed by atoms with van der Waals surface area (Å²) in [6, 6.07) is 0. The Kier molecular flexibility index (Phi) is 4.89. The first-order valence-electron chi connectivity index (χ1n) is 6.13. The van der Waals surface area contributed by atoms with E-state index in [1.165, 1.54) is 38.5 Å². The first-order valence-corrected chi connectivity index (χ1v) is 11.4. The van der Waals surface area contributed by atoms with Crippen LogP contribution < -0.4 is 0 Å². The van der Waals surface area contributed by atoms with Gasteiger partial charge in [0.1, 0.15) is 0 Å². The van der Waals surface area contributed by atoms with Crippen LogP contribution in [0.2, 0.25) is 23.3 Å². The molecule has 0 spiro atoms. The van der Waals surface area contributed by atoms with Crippen molar-refractivity contribution < 1.29 is 0 Å². The van der Waals surface area contributed by atoms with Gasteiger partial charge in [0.25, 0.3) is 0 Å². The fourth-order valence-corrected chi connectivity index (χ4v) is 8.02. The second kappa shape index (κ2) is 5.96. The van der Waals surface area contributed by atoms with E-state index in [0.717, 1.165) is 48.3 Å². The minimum absolute atomic E-state index is 0.749. The summed E-state index contributed by atoms with van der Waals surface area (Å²) in [5.41, 5.74) is 0. The van der Waals surface area contributed by atoms with E-state index >= 15 is 0 Å². The third-order valence-corrected chi connectivity index (χ3v) is 7.70. The van der Waals surface area contributed by atoms with Crippen molar-refractivity contribution in [3.63, 3.8) is 0 Å². The quantitative estimate of drug-likeness (QED) is 0.694. The molecule has 84 valence electrons. The third-order valence-electron chi connectivity index (χ3n) is 4.11. The summed E-state index contributed by atoms with van der Waals surface area (Å²) >= 11 is 1.52. The maximum atomic E-state index is 2.62. The molecule has 0 aliphatic carbocycles. The van der Waals surface area contributed by atoms with Gasteiger partial charge in [0.05, 0.1) is 0 Å². The van der Waals surface area contributed by atoms with E-state index in [-0.39, 0.29) is 0 Å². The van der Waals surface area contributed by atoms with Gasteiger partial charge in [0.15, 0.2) is 0 Å². The average Bonchev–Trinajstić information content (AvgIpc) is 2.25. The molecule has 3 heteroatoms. The van der Waals surface area contributed by atoms with Crippen molar-refractivity contribution in [2.24, 2.45) is 0 Å². The Morgan fingerprint density at radius 3 is 2.00 bits per heavy atom. The van der Waals surface area contributed by atoms with Gasteiger partial charge in [0, 0.05) is 0 Å². The zero-order chi connectivity index (χ0) is 10.7. The second-order valence-corrected chi connectivity index (χ2v) is 8.20. The molecular weight excluding hydrogens is 313 g/mol. The van der Waals surface area contributed by atoms with Crippen LogP contribution in [0, 0.1) is 0 Å². The van der Waals surface area contributed by atoms with Crippen LogP contribution in [0.5, 0.6) is 0 Å². The fraction of sp³-hybridized carbons (Fsp3) is 0.833. The van der Waals surface area contributed by atoms with Gasteiger partial charge < -0.3 is 0 Å². The topological polar surface area (TPSA) is 0 Å². The van der Waals surface area contributed by atoms with Crippen molar-refractivity contribution in [3.05, 3.63) is 9.35 Å². The average molecular weight is 334 g/mol. The van der Waals surface area contributed by atoms with E-state index in [0.29, 0.717) is 0 Å². The van der Waals surface area contributed by atoms with Crippen molar-refractivity contribution in [1.82, 2.24) is 0 Å². The molecule has 2 saturated heterocycles. The van der Waals surface area contributed by atoms with E-state index in [1.54, 1.807) is 0 Å². The molecule has 2 bridgehead atoms. The van der Waals surface area contributed by atoms with Crippen LogP contribution >= 0.6 is 0 Å². The predicted octanol–water partition coefficient (Wildman–Crippen LogP) is 3.47. The van der Waals surface area contributed by atoms with Crippen molar-refractivity contribution in [3.8, 4) is 0 Å². The molecule has 15 heavy (non-hydrogen) atoms. The summed E-state index contributed by atoms with van der Waals surface area (Å²) in [4.78, 5) is 2.62. The summed E-state index contributed by atoms with van der Waals surface area (Å²) in [7, 11) is 0. The molecule has 0 aromatic heterocycles. The molecule has 0 unspecified atom stereocenters. The van der Waals surface area contributed by atoms with Crippen LogP contribution in [-0.2, 0) is 0 Å². The van der Waals surface area contributed by atoms with Gasteiger partial charge in [-0.3, -0.25) is 0 Å². The molecule has 0 aromatic carbocycles. The Balaban J connectivity index is 2.14. The van der Waals surface area contributed by atoms with Crippen LogP contribution in [0.25, 0.3) is 0 Å². The van der Waals surface area contributed by atoms with E-state index in [9.17, 15) is 0 Å². The van der Waals surface area contributed by atoms with Crippen LogP contribution in [0.15, 0.2) is 9.35 Å². The Hall–Kier alpha value is 0.844. The molecule has 0 N–H and O–H groups in total. The molecule has 2 aliphatic heterocycles. The first-order chi connectivity index (χ1) is 7.36. The molecule has 0 aromatic rings. The van der Waals surface area contributed by atoms with Crippen molar-refractivity contribution in [2.45, 2.75) is 61.8 Å². The predicted molar refractivity (Wildman–Crippen MR) is 72.3 cm³/mol. The van der Waals surface area contributed by atoms with Gasteiger partial charge in [-0.15, -0.1) is 0 Å². The summed E-state index contributed by atoms with van der Waals surface area (Å²) in [5, 5.41) is 0. The summed E-state index contributed by atoms with van der Waals surface area (Å²) in [5.74, 6) is 6.94. The van der Waals surface area contributed by atoms with Gasteiger partial charge in [-0.05, 0) is 0 Å². The minimum atomic E-state index is 0.749. The Morgan fingerprint density at radius 2 is 1.60 bits per heavy atom. The SMILES string of the molecule is C[Se]/C=C(\[Se]C)B1C2CCCC1CCC2. The van der Waals surface area contributed by atoms with E-state index in [2.05, 4.69) is 16.6 Å². The van der Waals surface area contributed by atoms with Crippen LogP contribution in [-0.4, -0.2) is 36.6 Å². The van der Waals surface area contributed by atoms with Crippen LogP contribution in [0.1, 0.15) is 38.5 Å². The van der Waals surface area contributed by atoms with E-state index in [1.807, 2.05) is 4.37 Å². The first kappa shape index (κ1) is 12.3. The fourth-order valence-electron chi connectivity index (χ4n) is 3.52. The molecule has 0 radical (unpaired) electrons. The van der Waals surface area contributed by atoms with Crippen LogP contribution in [0.3, 0.4) is 0 Å². The zero-order valence-electron chi connectivity index (χ0n) is 9.87. The summed E-state index contributed by atoms with van der Waals surface area (Å²) < 4.78 is 1.89. The second-order valence-electron chi connectivity index (χ2n) is 4.87. The molecule has 0 amide bonds. The van der Waals surface area contributed by atoms with Crippen molar-refractivity contribution in [2.75, 3.05) is 0 Å². The van der Waals surface area contributed by atoms with Gasteiger partial charge in [-0.1, -0.05) is 0 Å². The number of rotatable bonds is 3. The third kappa shape index (κ3) is 2.75. The molecule has 2 heterocycles. The van der Waals surface area contributed by atoms with E-state index in [4.69, 9.17) is 0 Å². The molecule has 2 rings (SSSR count). The molecular formula is C12H21BSe2. The molecule has 2 aliphatic rings. The maximum absolute atomic E-state index is 2.62. The van der Waals surface area contributed by atoms with Crippen molar-refractivity contribution >= 4 is 36.6 Å². The van der Waals surface area contributed by atoms with Crippen LogP contribution in [0.4, 0.5) is 0 Å². The number of hydrogen-bond donors (Lipinski definition) is 0. The number of fused-ring (bicyclic) bond motifs is 2. The van der Waals surface area contributed by atoms with E-state index < -0.39 is 0 Å². The molecule has 0 nitrogen and oxygen atoms in total. The standard InChI is InChI=1S/C12H21BSe2/c1-14-9-12(15-2)13-10-5-3-6-11(13)8-4-7-10/h9-11H,3-8H2,1-2H3/b12-9-. The monoisotopic (exact) mass is 336 g/mol. The Labute approximate surface area is 107 Å². The van der Waals surface area contributed by atoms with Gasteiger partial charge in [-0.2, -0.15) is 0 Å². The number of hydrogen-bond acceptors (Lipinski definition) is 0. The Bertz CT molecular complexity index is 218. The molecule has 0 saturated carbocycles. The van der Waals surface area contributed by atoms with Gasteiger partial charge >= 0.3 is 108 Å². The normalized spacial score (nSPS) is 31.9. The Morgan fingerprint density at radius 1 is 1.07 bits per heavy atom. The van der Waals surface area contributed by atoms with Gasteiger partial charge in [0.2, 0.25) is 0 Å². The van der Waals surface area contributed by atoms with Crippen molar-refractivity contribution in [1.29, 1.82) is 0 Å². The summed E-state index contributed by atoms with van der Waals surface area (Å²) in [6.45, 7) is 1.03. The summed E-state index contributed by atoms with van der Waals surface area (Å²) in [6.07, 6.45) is 9.17.